The lowest BCUT2D eigenvalue weighted by Gasteiger charge is -2.32. The fraction of sp³-hybridized carbons (Fsp3) is 1.00. The van der Waals surface area contributed by atoms with E-state index in [0.29, 0.717) is 13.0 Å². The van der Waals surface area contributed by atoms with Crippen molar-refractivity contribution < 1.29 is 14.9 Å². The minimum atomic E-state index is -0.539. The maximum atomic E-state index is 10.3. The predicted molar refractivity (Wildman–Crippen MR) is 100 cm³/mol. The first-order valence-electron chi connectivity index (χ1n) is 10.3. The molecule has 144 valence electrons. The van der Waals surface area contributed by atoms with E-state index in [9.17, 15) is 10.2 Å². The van der Waals surface area contributed by atoms with Gasteiger partial charge in [0.2, 0.25) is 0 Å². The van der Waals surface area contributed by atoms with Crippen molar-refractivity contribution in [1.82, 2.24) is 4.90 Å². The Bertz CT molecular complexity index is 301. The third kappa shape index (κ3) is 7.81. The second kappa shape index (κ2) is 13.1. The molecule has 0 aromatic carbocycles. The Labute approximate surface area is 149 Å². The molecule has 1 saturated carbocycles. The van der Waals surface area contributed by atoms with Gasteiger partial charge in [0.15, 0.2) is 0 Å². The molecule has 0 amide bonds. The van der Waals surface area contributed by atoms with Gasteiger partial charge in [0.25, 0.3) is 0 Å². The summed E-state index contributed by atoms with van der Waals surface area (Å²) in [6.45, 7) is 6.11. The van der Waals surface area contributed by atoms with Crippen molar-refractivity contribution in [1.29, 1.82) is 0 Å². The van der Waals surface area contributed by atoms with Crippen LogP contribution >= 0.6 is 0 Å². The Kier molecular flexibility index (Phi) is 11.9. The summed E-state index contributed by atoms with van der Waals surface area (Å²) >= 11 is 0. The van der Waals surface area contributed by atoms with Crippen LogP contribution in [0.25, 0.3) is 0 Å². The Morgan fingerprint density at radius 2 is 1.42 bits per heavy atom. The molecule has 0 radical (unpaired) electrons. The summed E-state index contributed by atoms with van der Waals surface area (Å²) in [6, 6.07) is -0.0678. The number of hydrogen-bond acceptors (Lipinski definition) is 4. The maximum Gasteiger partial charge on any atom is 0.101 e. The molecule has 1 aliphatic rings. The van der Waals surface area contributed by atoms with E-state index in [1.807, 2.05) is 0 Å². The van der Waals surface area contributed by atoms with E-state index in [1.54, 1.807) is 0 Å². The summed E-state index contributed by atoms with van der Waals surface area (Å²) < 4.78 is 5.99. The zero-order valence-corrected chi connectivity index (χ0v) is 16.3. The normalized spacial score (nSPS) is 27.2. The smallest absolute Gasteiger partial charge is 0.101 e. The summed E-state index contributed by atoms with van der Waals surface area (Å²) in [5.41, 5.74) is 0. The van der Waals surface area contributed by atoms with Crippen molar-refractivity contribution in [2.75, 3.05) is 20.2 Å². The van der Waals surface area contributed by atoms with Crippen LogP contribution in [0, 0.1) is 0 Å². The van der Waals surface area contributed by atoms with Crippen LogP contribution in [0.3, 0.4) is 0 Å². The number of ether oxygens (including phenoxy) is 1. The topological polar surface area (TPSA) is 52.9 Å². The monoisotopic (exact) mass is 343 g/mol. The molecule has 0 aromatic heterocycles. The maximum absolute atomic E-state index is 10.3. The molecule has 4 nitrogen and oxygen atoms in total. The van der Waals surface area contributed by atoms with Crippen LogP contribution in [-0.4, -0.2) is 59.7 Å². The predicted octanol–water partition coefficient (Wildman–Crippen LogP) is 3.74. The molecule has 0 aliphatic heterocycles. The average Bonchev–Trinajstić information content (AvgIpc) is 2.84. The molecule has 1 rings (SSSR count). The van der Waals surface area contributed by atoms with Crippen LogP contribution in [0.4, 0.5) is 0 Å². The quantitative estimate of drug-likeness (QED) is 0.472. The number of nitrogens with zero attached hydrogens (tertiary/aromatic N) is 1. The number of rotatable bonds is 14. The average molecular weight is 344 g/mol. The number of unbranched alkanes of at least 4 members (excludes halogenated alkanes) is 8. The van der Waals surface area contributed by atoms with Crippen LogP contribution in [-0.2, 0) is 4.74 Å². The van der Waals surface area contributed by atoms with Gasteiger partial charge >= 0.3 is 0 Å². The first kappa shape index (κ1) is 21.9. The highest BCUT2D eigenvalue weighted by Gasteiger charge is 2.44. The molecular weight excluding hydrogens is 302 g/mol. The van der Waals surface area contributed by atoms with Gasteiger partial charge in [-0.2, -0.15) is 0 Å². The van der Waals surface area contributed by atoms with Crippen LogP contribution < -0.4 is 0 Å². The van der Waals surface area contributed by atoms with Gasteiger partial charge in [-0.1, -0.05) is 65.2 Å². The molecule has 4 atom stereocenters. The summed E-state index contributed by atoms with van der Waals surface area (Å²) in [7, 11) is 2.06. The molecule has 0 aromatic rings. The molecule has 0 saturated heterocycles. The molecule has 1 fully saturated rings. The summed E-state index contributed by atoms with van der Waals surface area (Å²) in [6.07, 6.45) is 11.5. The fourth-order valence-electron chi connectivity index (χ4n) is 3.76. The van der Waals surface area contributed by atoms with E-state index in [4.69, 9.17) is 4.74 Å². The Morgan fingerprint density at radius 1 is 0.833 bits per heavy atom. The van der Waals surface area contributed by atoms with E-state index >= 15 is 0 Å². The first-order valence-corrected chi connectivity index (χ1v) is 10.3. The molecule has 0 spiro atoms. The second-order valence-electron chi connectivity index (χ2n) is 7.51. The van der Waals surface area contributed by atoms with Gasteiger partial charge in [-0.15, -0.1) is 0 Å². The molecule has 1 aliphatic carbocycles. The van der Waals surface area contributed by atoms with E-state index in [1.165, 1.54) is 51.4 Å². The number of aliphatic hydroxyl groups is 2. The Morgan fingerprint density at radius 3 is 2.04 bits per heavy atom. The molecule has 0 heterocycles. The third-order valence-corrected chi connectivity index (χ3v) is 5.27. The zero-order chi connectivity index (χ0) is 17.8. The van der Waals surface area contributed by atoms with Gasteiger partial charge in [-0.3, -0.25) is 4.90 Å². The standard InChI is InChI=1S/C20H41NO3/c1-4-6-8-10-12-14-21(3)19-17(22)16-18(23)20(19)24-15-13-11-9-7-5-2/h17-20,22-23H,4-16H2,1-3H3/t17-,18+,19+,20+/m0/s1. The van der Waals surface area contributed by atoms with E-state index in [2.05, 4.69) is 25.8 Å². The largest absolute Gasteiger partial charge is 0.391 e. The van der Waals surface area contributed by atoms with Crippen molar-refractivity contribution >= 4 is 0 Å². The first-order chi connectivity index (χ1) is 11.6. The SMILES string of the molecule is CCCCCCCO[C@H]1[C@H](N(C)CCCCCCC)[C@@H](O)C[C@H]1O. The van der Waals surface area contributed by atoms with Crippen molar-refractivity contribution in [2.45, 2.75) is 109 Å². The van der Waals surface area contributed by atoms with Crippen LogP contribution in [0.1, 0.15) is 84.5 Å². The molecular formula is C20H41NO3. The van der Waals surface area contributed by atoms with Gasteiger partial charge in [-0.05, 0) is 26.4 Å². The summed E-state index contributed by atoms with van der Waals surface area (Å²) in [4.78, 5) is 2.20. The van der Waals surface area contributed by atoms with Crippen molar-refractivity contribution in [3.8, 4) is 0 Å². The lowest BCUT2D eigenvalue weighted by molar-refractivity contribution is -0.0589. The Hall–Kier alpha value is -0.160. The molecule has 2 N–H and O–H groups in total. The number of likely N-dealkylation sites (N-methyl/N-ethyl adjacent to an activating group) is 1. The second-order valence-corrected chi connectivity index (χ2v) is 7.51. The highest BCUT2D eigenvalue weighted by atomic mass is 16.5. The fourth-order valence-corrected chi connectivity index (χ4v) is 3.76. The van der Waals surface area contributed by atoms with Crippen molar-refractivity contribution in [2.24, 2.45) is 0 Å². The van der Waals surface area contributed by atoms with E-state index in [0.717, 1.165) is 19.4 Å². The zero-order valence-electron chi connectivity index (χ0n) is 16.3. The summed E-state index contributed by atoms with van der Waals surface area (Å²) in [5, 5.41) is 20.6. The third-order valence-electron chi connectivity index (χ3n) is 5.27. The van der Waals surface area contributed by atoms with Crippen molar-refractivity contribution in [3.05, 3.63) is 0 Å². The highest BCUT2D eigenvalue weighted by molar-refractivity contribution is 4.98. The van der Waals surface area contributed by atoms with Gasteiger partial charge in [0.1, 0.15) is 6.10 Å². The van der Waals surface area contributed by atoms with Crippen LogP contribution in [0.5, 0.6) is 0 Å². The van der Waals surface area contributed by atoms with Crippen LogP contribution in [0.2, 0.25) is 0 Å². The van der Waals surface area contributed by atoms with Gasteiger partial charge < -0.3 is 14.9 Å². The minimum absolute atomic E-state index is 0.0678. The Balaban J connectivity index is 2.32. The van der Waals surface area contributed by atoms with Gasteiger partial charge in [0, 0.05) is 13.0 Å². The molecule has 0 unspecified atom stereocenters. The molecule has 0 bridgehead atoms. The lowest BCUT2D eigenvalue weighted by Crippen LogP contribution is -2.47. The van der Waals surface area contributed by atoms with Crippen LogP contribution in [0.15, 0.2) is 0 Å². The van der Waals surface area contributed by atoms with Gasteiger partial charge in [0.05, 0.1) is 18.2 Å². The molecule has 4 heteroatoms. The number of aliphatic hydroxyl groups excluding tert-OH is 2. The van der Waals surface area contributed by atoms with E-state index < -0.39 is 12.2 Å². The van der Waals surface area contributed by atoms with Crippen molar-refractivity contribution in [3.63, 3.8) is 0 Å². The van der Waals surface area contributed by atoms with E-state index in [-0.39, 0.29) is 12.1 Å². The highest BCUT2D eigenvalue weighted by Crippen LogP contribution is 2.28. The minimum Gasteiger partial charge on any atom is -0.391 e. The lowest BCUT2D eigenvalue weighted by atomic mass is 10.1. The number of hydrogen-bond donors (Lipinski definition) is 2. The molecule has 24 heavy (non-hydrogen) atoms. The van der Waals surface area contributed by atoms with Gasteiger partial charge in [-0.25, -0.2) is 0 Å². The summed E-state index contributed by atoms with van der Waals surface area (Å²) in [5.74, 6) is 0.